The van der Waals surface area contributed by atoms with Crippen molar-refractivity contribution in [3.8, 4) is 16.9 Å². The maximum absolute atomic E-state index is 13.9. The van der Waals surface area contributed by atoms with Gasteiger partial charge in [-0.2, -0.15) is 0 Å². The van der Waals surface area contributed by atoms with Crippen LogP contribution in [0.25, 0.3) is 16.9 Å². The molecule has 2 aromatic carbocycles. The molecule has 1 fully saturated rings. The summed E-state index contributed by atoms with van der Waals surface area (Å²) in [5.74, 6) is -6.85. The van der Waals surface area contributed by atoms with Crippen LogP contribution in [0.1, 0.15) is 23.1 Å². The van der Waals surface area contributed by atoms with Gasteiger partial charge in [0.2, 0.25) is 5.78 Å². The first-order chi connectivity index (χ1) is 19.4. The Morgan fingerprint density at radius 3 is 2.41 bits per heavy atom. The Balaban J connectivity index is 1.63. The molecule has 0 radical (unpaired) electrons. The van der Waals surface area contributed by atoms with E-state index in [1.54, 1.807) is 20.2 Å². The maximum Gasteiger partial charge on any atom is 0.255 e. The van der Waals surface area contributed by atoms with Crippen molar-refractivity contribution in [2.45, 2.75) is 31.0 Å². The third kappa shape index (κ3) is 4.32. The van der Waals surface area contributed by atoms with Crippen LogP contribution in [0.2, 0.25) is 0 Å². The SMILES string of the molecule is CN(C)C1C(=O)C(C(N)=O)=C(O)C2(O)C(=O)C3=C(O)c4c(O)ccc(-c5ccc(CNCCF)cc5)c4CC3CC12. The zero-order valence-corrected chi connectivity index (χ0v) is 22.6. The first kappa shape index (κ1) is 28.5. The molecule has 3 aliphatic rings. The highest BCUT2D eigenvalue weighted by Gasteiger charge is 2.64. The number of hydrogen-bond donors (Lipinski definition) is 6. The molecule has 4 unspecified atom stereocenters. The van der Waals surface area contributed by atoms with E-state index in [4.69, 9.17) is 5.73 Å². The Morgan fingerprint density at radius 1 is 1.12 bits per heavy atom. The van der Waals surface area contributed by atoms with Crippen LogP contribution in [0.3, 0.4) is 0 Å². The number of rotatable bonds is 7. The van der Waals surface area contributed by atoms with E-state index >= 15 is 0 Å². The van der Waals surface area contributed by atoms with Gasteiger partial charge in [0, 0.05) is 24.6 Å². The average molecular weight is 566 g/mol. The monoisotopic (exact) mass is 565 g/mol. The number of hydrogen-bond acceptors (Lipinski definition) is 9. The summed E-state index contributed by atoms with van der Waals surface area (Å²) in [5, 5.41) is 47.8. The highest BCUT2D eigenvalue weighted by Crippen LogP contribution is 2.53. The van der Waals surface area contributed by atoms with E-state index in [-0.39, 0.29) is 36.3 Å². The number of alkyl halides is 1. The van der Waals surface area contributed by atoms with Crippen LogP contribution in [-0.4, -0.2) is 81.8 Å². The molecule has 1 amide bonds. The summed E-state index contributed by atoms with van der Waals surface area (Å²) in [6.07, 6.45) is 0.206. The molecule has 0 saturated heterocycles. The highest BCUT2D eigenvalue weighted by atomic mass is 19.1. The lowest BCUT2D eigenvalue weighted by molar-refractivity contribution is -0.153. The second-order valence-electron chi connectivity index (χ2n) is 11.0. The van der Waals surface area contributed by atoms with Crippen LogP contribution in [0.15, 0.2) is 53.3 Å². The minimum atomic E-state index is -2.68. The first-order valence-corrected chi connectivity index (χ1v) is 13.3. The molecule has 3 aliphatic carbocycles. The lowest BCUT2D eigenvalue weighted by Crippen LogP contribution is -2.65. The van der Waals surface area contributed by atoms with Gasteiger partial charge < -0.3 is 31.5 Å². The number of amides is 1. The Labute approximate surface area is 235 Å². The standard InChI is InChI=1S/C30H32FN3O7/c1-34(2)24-19-12-16-11-18-17(15-5-3-14(4-6-15)13-33-10-9-31)7-8-20(35)22(18)25(36)21(16)27(38)30(19,41)28(39)23(26(24)37)29(32)40/h3-8,16,19,24,33,35-36,39,41H,9-13H2,1-2H3,(H2,32,40). The summed E-state index contributed by atoms with van der Waals surface area (Å²) in [6, 6.07) is 9.48. The molecule has 10 nitrogen and oxygen atoms in total. The fourth-order valence-electron chi connectivity index (χ4n) is 6.62. The number of phenolic OH excluding ortho intramolecular Hbond substituents is 1. The Bertz CT molecular complexity index is 1510. The number of phenols is 1. The molecule has 0 spiro atoms. The number of aliphatic hydroxyl groups is 3. The van der Waals surface area contributed by atoms with Crippen LogP contribution < -0.4 is 11.1 Å². The van der Waals surface area contributed by atoms with Gasteiger partial charge in [-0.05, 0) is 61.2 Å². The zero-order chi connectivity index (χ0) is 29.8. The minimum absolute atomic E-state index is 0.0139. The summed E-state index contributed by atoms with van der Waals surface area (Å²) >= 11 is 0. The summed E-state index contributed by atoms with van der Waals surface area (Å²) in [5.41, 5.74) is 4.70. The molecule has 4 atom stereocenters. The normalized spacial score (nSPS) is 25.7. The third-order valence-corrected chi connectivity index (χ3v) is 8.47. The number of nitrogens with zero attached hydrogens (tertiary/aromatic N) is 1. The van der Waals surface area contributed by atoms with Crippen molar-refractivity contribution in [1.82, 2.24) is 10.2 Å². The molecule has 0 bridgehead atoms. The first-order valence-electron chi connectivity index (χ1n) is 13.3. The van der Waals surface area contributed by atoms with Crippen molar-refractivity contribution >= 4 is 23.2 Å². The Kier molecular flexibility index (Phi) is 7.22. The molecule has 1 saturated carbocycles. The predicted octanol–water partition coefficient (Wildman–Crippen LogP) is 1.69. The molecule has 41 heavy (non-hydrogen) atoms. The van der Waals surface area contributed by atoms with Gasteiger partial charge in [0.15, 0.2) is 11.4 Å². The molecule has 7 N–H and O–H groups in total. The Hall–Kier alpha value is -4.06. The van der Waals surface area contributed by atoms with Gasteiger partial charge in [-0.1, -0.05) is 30.3 Å². The number of nitrogens with two attached hydrogens (primary N) is 1. The van der Waals surface area contributed by atoms with E-state index in [9.17, 15) is 39.2 Å². The highest BCUT2D eigenvalue weighted by molar-refractivity contribution is 6.24. The molecule has 0 aromatic heterocycles. The number of benzene rings is 2. The molecular formula is C30H32FN3O7. The fraction of sp³-hybridized carbons (Fsp3) is 0.367. The number of carbonyl (C=O) groups is 3. The van der Waals surface area contributed by atoms with Gasteiger partial charge in [-0.15, -0.1) is 0 Å². The number of ketones is 2. The van der Waals surface area contributed by atoms with Gasteiger partial charge in [0.1, 0.15) is 29.5 Å². The fourth-order valence-corrected chi connectivity index (χ4v) is 6.62. The Morgan fingerprint density at radius 2 is 1.80 bits per heavy atom. The zero-order valence-electron chi connectivity index (χ0n) is 22.6. The number of aliphatic hydroxyl groups excluding tert-OH is 2. The van der Waals surface area contributed by atoms with Crippen molar-refractivity contribution in [3.63, 3.8) is 0 Å². The lowest BCUT2D eigenvalue weighted by atomic mass is 9.57. The predicted molar refractivity (Wildman–Crippen MR) is 147 cm³/mol. The summed E-state index contributed by atoms with van der Waals surface area (Å²) in [7, 11) is 3.11. The number of fused-ring (bicyclic) bond motifs is 3. The molecule has 0 heterocycles. The molecule has 2 aromatic rings. The second-order valence-corrected chi connectivity index (χ2v) is 11.0. The van der Waals surface area contributed by atoms with Crippen LogP contribution in [0.5, 0.6) is 5.75 Å². The number of likely N-dealkylation sites (N-methyl/N-ethyl adjacent to an activating group) is 1. The number of primary amides is 1. The van der Waals surface area contributed by atoms with Crippen LogP contribution in [-0.2, 0) is 27.3 Å². The van der Waals surface area contributed by atoms with Gasteiger partial charge in [-0.3, -0.25) is 19.3 Å². The topological polar surface area (TPSA) is 173 Å². The smallest absolute Gasteiger partial charge is 0.255 e. The molecule has 0 aliphatic heterocycles. The minimum Gasteiger partial charge on any atom is -0.508 e. The second kappa shape index (κ2) is 10.4. The number of nitrogens with one attached hydrogen (secondary N) is 1. The van der Waals surface area contributed by atoms with E-state index in [0.717, 1.165) is 11.1 Å². The molecule has 5 rings (SSSR count). The number of carbonyl (C=O) groups excluding carboxylic acids is 3. The summed E-state index contributed by atoms with van der Waals surface area (Å²) in [4.78, 5) is 40.8. The molecular weight excluding hydrogens is 533 g/mol. The number of Topliss-reactive ketones (excluding diaryl/α,β-unsaturated/α-hetero) is 2. The number of halogens is 1. The van der Waals surface area contributed by atoms with Crippen molar-refractivity contribution < 1.29 is 39.2 Å². The third-order valence-electron chi connectivity index (χ3n) is 8.47. The van der Waals surface area contributed by atoms with Gasteiger partial charge in [-0.25, -0.2) is 4.39 Å². The molecule has 11 heteroatoms. The average Bonchev–Trinajstić information content (AvgIpc) is 2.91. The van der Waals surface area contributed by atoms with Crippen molar-refractivity contribution in [3.05, 3.63) is 70.0 Å². The van der Waals surface area contributed by atoms with Crippen molar-refractivity contribution in [2.75, 3.05) is 27.3 Å². The van der Waals surface area contributed by atoms with E-state index in [1.165, 1.54) is 11.0 Å². The largest absolute Gasteiger partial charge is 0.508 e. The van der Waals surface area contributed by atoms with Gasteiger partial charge >= 0.3 is 0 Å². The maximum atomic E-state index is 13.9. The van der Waals surface area contributed by atoms with E-state index in [0.29, 0.717) is 17.7 Å². The number of aromatic hydroxyl groups is 1. The lowest BCUT2D eigenvalue weighted by Gasteiger charge is -2.50. The van der Waals surface area contributed by atoms with E-state index < -0.39 is 64.7 Å². The van der Waals surface area contributed by atoms with Crippen molar-refractivity contribution in [1.29, 1.82) is 0 Å². The van der Waals surface area contributed by atoms with E-state index in [2.05, 4.69) is 5.32 Å². The van der Waals surface area contributed by atoms with Crippen LogP contribution >= 0.6 is 0 Å². The quantitative estimate of drug-likeness (QED) is 0.216. The van der Waals surface area contributed by atoms with Crippen molar-refractivity contribution in [2.24, 2.45) is 17.6 Å². The molecule has 216 valence electrons. The van der Waals surface area contributed by atoms with Gasteiger partial charge in [0.05, 0.1) is 11.6 Å². The summed E-state index contributed by atoms with van der Waals surface area (Å²) in [6.45, 7) is 0.267. The van der Waals surface area contributed by atoms with E-state index in [1.807, 2.05) is 24.3 Å². The van der Waals surface area contributed by atoms with Crippen LogP contribution in [0, 0.1) is 11.8 Å². The van der Waals surface area contributed by atoms with Crippen LogP contribution in [0.4, 0.5) is 4.39 Å². The van der Waals surface area contributed by atoms with Gasteiger partial charge in [0.25, 0.3) is 5.91 Å². The summed E-state index contributed by atoms with van der Waals surface area (Å²) < 4.78 is 12.4.